The molecule has 2 heterocycles. The molecule has 6 heteroatoms. The van der Waals surface area contributed by atoms with Gasteiger partial charge in [-0.15, -0.1) is 0 Å². The predicted octanol–water partition coefficient (Wildman–Crippen LogP) is 5.18. The summed E-state index contributed by atoms with van der Waals surface area (Å²) < 4.78 is 19.5. The van der Waals surface area contributed by atoms with Gasteiger partial charge in [-0.2, -0.15) is 5.01 Å². The van der Waals surface area contributed by atoms with Crippen LogP contribution >= 0.6 is 11.6 Å². The van der Waals surface area contributed by atoms with Crippen LogP contribution in [-0.2, 0) is 0 Å². The van der Waals surface area contributed by atoms with Gasteiger partial charge in [0.1, 0.15) is 17.3 Å². The number of nitrogens with one attached hydrogen (secondary N) is 1. The molecular weight excluding hydrogens is 379 g/mol. The predicted molar refractivity (Wildman–Crippen MR) is 105 cm³/mol. The molecule has 4 nitrogen and oxygen atoms in total. The Labute approximate surface area is 166 Å². The maximum atomic E-state index is 13.3. The molecule has 0 saturated heterocycles. The molecule has 0 aliphatic carbocycles. The third-order valence-corrected chi connectivity index (χ3v) is 5.25. The van der Waals surface area contributed by atoms with Crippen molar-refractivity contribution in [1.29, 1.82) is 0 Å². The Morgan fingerprint density at radius 1 is 1.00 bits per heavy atom. The molecule has 3 aromatic carbocycles. The lowest BCUT2D eigenvalue weighted by Gasteiger charge is -2.39. The van der Waals surface area contributed by atoms with E-state index in [0.29, 0.717) is 10.6 Å². The lowest BCUT2D eigenvalue weighted by Crippen LogP contribution is -2.43. The number of rotatable bonds is 2. The van der Waals surface area contributed by atoms with Gasteiger partial charge in [0.2, 0.25) is 0 Å². The highest BCUT2D eigenvalue weighted by Crippen LogP contribution is 2.47. The van der Waals surface area contributed by atoms with E-state index < -0.39 is 6.23 Å². The van der Waals surface area contributed by atoms with Crippen molar-refractivity contribution >= 4 is 17.3 Å². The molecular formula is C22H16ClFN2O2. The topological polar surface area (TPSA) is 44.7 Å². The minimum Gasteiger partial charge on any atom is -0.507 e. The lowest BCUT2D eigenvalue weighted by atomic mass is 10.0. The van der Waals surface area contributed by atoms with Gasteiger partial charge in [0, 0.05) is 10.6 Å². The molecule has 0 aromatic heterocycles. The van der Waals surface area contributed by atoms with Crippen molar-refractivity contribution in [3.8, 4) is 11.5 Å². The molecule has 0 spiro atoms. The normalized spacial score (nSPS) is 20.6. The number of fused-ring (bicyclic) bond motifs is 3. The van der Waals surface area contributed by atoms with E-state index in [1.165, 1.54) is 12.1 Å². The average Bonchev–Trinajstić information content (AvgIpc) is 3.15. The van der Waals surface area contributed by atoms with Gasteiger partial charge >= 0.3 is 0 Å². The standard InChI is InChI=1S/C22H16ClFN2O2/c23-14-7-10-20(27)17(11-14)22-26-19(16-3-1-2-4-21(16)28-22)12-18(25-26)13-5-8-15(24)9-6-13/h1-12,19,22,25,27H. The highest BCUT2D eigenvalue weighted by atomic mass is 35.5. The number of para-hydroxylation sites is 1. The second-order valence-electron chi connectivity index (χ2n) is 6.76. The zero-order chi connectivity index (χ0) is 19.3. The van der Waals surface area contributed by atoms with Crippen molar-refractivity contribution in [2.24, 2.45) is 0 Å². The SMILES string of the molecule is Oc1ccc(Cl)cc1C1Oc2ccccc2C2C=C(c3ccc(F)cc3)NN21. The van der Waals surface area contributed by atoms with Crippen LogP contribution in [0.3, 0.4) is 0 Å². The van der Waals surface area contributed by atoms with Gasteiger partial charge in [0.25, 0.3) is 0 Å². The van der Waals surface area contributed by atoms with Gasteiger partial charge in [0.05, 0.1) is 17.3 Å². The fraction of sp³-hybridized carbons (Fsp3) is 0.0909. The van der Waals surface area contributed by atoms with Crippen LogP contribution in [0.4, 0.5) is 4.39 Å². The summed E-state index contributed by atoms with van der Waals surface area (Å²) in [5, 5.41) is 12.9. The molecule has 2 N–H and O–H groups in total. The highest BCUT2D eigenvalue weighted by Gasteiger charge is 2.41. The number of aromatic hydroxyl groups is 1. The maximum Gasteiger partial charge on any atom is 0.199 e. The van der Waals surface area contributed by atoms with Gasteiger partial charge in [-0.25, -0.2) is 4.39 Å². The third-order valence-electron chi connectivity index (χ3n) is 5.01. The number of hydrogen-bond acceptors (Lipinski definition) is 4. The van der Waals surface area contributed by atoms with E-state index in [1.54, 1.807) is 30.3 Å². The average molecular weight is 395 g/mol. The summed E-state index contributed by atoms with van der Waals surface area (Å²) in [6.07, 6.45) is 1.48. The van der Waals surface area contributed by atoms with Crippen molar-refractivity contribution in [3.63, 3.8) is 0 Å². The van der Waals surface area contributed by atoms with E-state index in [1.807, 2.05) is 29.3 Å². The quantitative estimate of drug-likeness (QED) is 0.628. The fourth-order valence-corrected chi connectivity index (χ4v) is 3.84. The molecule has 3 aromatic rings. The first-order chi connectivity index (χ1) is 13.6. The van der Waals surface area contributed by atoms with Crippen molar-refractivity contribution < 1.29 is 14.2 Å². The molecule has 2 atom stereocenters. The first-order valence-electron chi connectivity index (χ1n) is 8.87. The van der Waals surface area contributed by atoms with Gasteiger partial charge in [-0.1, -0.05) is 29.8 Å². The Balaban J connectivity index is 1.60. The minimum absolute atomic E-state index is 0.101. The molecule has 0 fully saturated rings. The number of ether oxygens (including phenoxy) is 1. The summed E-state index contributed by atoms with van der Waals surface area (Å²) in [5.74, 6) is 0.562. The van der Waals surface area contributed by atoms with Crippen LogP contribution in [0.2, 0.25) is 5.02 Å². The number of phenolic OH excluding ortho intramolecular Hbond substituents is 1. The van der Waals surface area contributed by atoms with Crippen LogP contribution in [-0.4, -0.2) is 10.1 Å². The largest absolute Gasteiger partial charge is 0.507 e. The molecule has 0 saturated carbocycles. The second kappa shape index (κ2) is 6.55. The zero-order valence-corrected chi connectivity index (χ0v) is 15.4. The third kappa shape index (κ3) is 2.80. The Morgan fingerprint density at radius 3 is 2.61 bits per heavy atom. The summed E-state index contributed by atoms with van der Waals surface area (Å²) in [4.78, 5) is 0. The first kappa shape index (κ1) is 17.1. The van der Waals surface area contributed by atoms with Gasteiger partial charge in [-0.3, -0.25) is 0 Å². The van der Waals surface area contributed by atoms with E-state index in [2.05, 4.69) is 11.5 Å². The van der Waals surface area contributed by atoms with Crippen molar-refractivity contribution in [3.05, 3.63) is 100 Å². The van der Waals surface area contributed by atoms with Crippen LogP contribution < -0.4 is 10.2 Å². The summed E-state index contributed by atoms with van der Waals surface area (Å²) in [6.45, 7) is 0. The van der Waals surface area contributed by atoms with Crippen molar-refractivity contribution in [1.82, 2.24) is 10.4 Å². The summed E-state index contributed by atoms with van der Waals surface area (Å²) in [7, 11) is 0. The number of phenols is 1. The second-order valence-corrected chi connectivity index (χ2v) is 7.20. The molecule has 5 rings (SSSR count). The number of benzene rings is 3. The lowest BCUT2D eigenvalue weighted by molar-refractivity contribution is -0.0338. The molecule has 28 heavy (non-hydrogen) atoms. The van der Waals surface area contributed by atoms with Crippen LogP contribution in [0.25, 0.3) is 5.70 Å². The van der Waals surface area contributed by atoms with Crippen LogP contribution in [0.1, 0.15) is 29.0 Å². The Bertz CT molecular complexity index is 1080. The maximum absolute atomic E-state index is 13.3. The van der Waals surface area contributed by atoms with E-state index in [0.717, 1.165) is 22.6 Å². The van der Waals surface area contributed by atoms with E-state index >= 15 is 0 Å². The highest BCUT2D eigenvalue weighted by molar-refractivity contribution is 6.30. The Kier molecular flexibility index (Phi) is 4.00. The van der Waals surface area contributed by atoms with Crippen molar-refractivity contribution in [2.45, 2.75) is 12.3 Å². The Hall–Kier alpha value is -3.02. The summed E-state index contributed by atoms with van der Waals surface area (Å²) in [5.41, 5.74) is 6.63. The summed E-state index contributed by atoms with van der Waals surface area (Å²) >= 11 is 6.16. The minimum atomic E-state index is -0.590. The molecule has 0 amide bonds. The molecule has 2 aliphatic heterocycles. The van der Waals surface area contributed by atoms with E-state index in [9.17, 15) is 9.50 Å². The van der Waals surface area contributed by atoms with Crippen molar-refractivity contribution in [2.75, 3.05) is 0 Å². The first-order valence-corrected chi connectivity index (χ1v) is 9.25. The monoisotopic (exact) mass is 394 g/mol. The number of halogens is 2. The fourth-order valence-electron chi connectivity index (χ4n) is 3.66. The van der Waals surface area contributed by atoms with Gasteiger partial charge in [-0.05, 0) is 60.2 Å². The summed E-state index contributed by atoms with van der Waals surface area (Å²) in [6, 6.07) is 18.9. The van der Waals surface area contributed by atoms with Gasteiger partial charge in [0.15, 0.2) is 6.23 Å². The molecule has 140 valence electrons. The number of hydrogen-bond donors (Lipinski definition) is 2. The molecule has 0 bridgehead atoms. The molecule has 2 aliphatic rings. The zero-order valence-electron chi connectivity index (χ0n) is 14.6. The smallest absolute Gasteiger partial charge is 0.199 e. The number of nitrogens with zero attached hydrogens (tertiary/aromatic N) is 1. The van der Waals surface area contributed by atoms with Crippen LogP contribution in [0.5, 0.6) is 11.5 Å². The van der Waals surface area contributed by atoms with Crippen LogP contribution in [0.15, 0.2) is 72.8 Å². The molecule has 0 radical (unpaired) electrons. The Morgan fingerprint density at radius 2 is 1.79 bits per heavy atom. The van der Waals surface area contributed by atoms with Crippen LogP contribution in [0, 0.1) is 5.82 Å². The molecule has 2 unspecified atom stereocenters. The van der Waals surface area contributed by atoms with E-state index in [-0.39, 0.29) is 17.6 Å². The van der Waals surface area contributed by atoms with Gasteiger partial charge < -0.3 is 15.3 Å². The number of hydrazine groups is 1. The van der Waals surface area contributed by atoms with E-state index in [4.69, 9.17) is 16.3 Å².